The van der Waals surface area contributed by atoms with Crippen molar-refractivity contribution in [3.8, 4) is 21.9 Å². The molecule has 1 aliphatic rings. The van der Waals surface area contributed by atoms with Gasteiger partial charge in [0.1, 0.15) is 5.75 Å². The number of halogens is 4. The van der Waals surface area contributed by atoms with Crippen LogP contribution in [0.15, 0.2) is 91.1 Å². The lowest BCUT2D eigenvalue weighted by Gasteiger charge is -2.18. The van der Waals surface area contributed by atoms with Crippen molar-refractivity contribution in [3.63, 3.8) is 0 Å². The highest BCUT2D eigenvalue weighted by Crippen LogP contribution is 2.40. The Bertz CT molecular complexity index is 1850. The number of anilines is 2. The molecule has 3 aromatic carbocycles. The Labute approximate surface area is 258 Å². The molecule has 6 rings (SSSR count). The molecule has 4 amide bonds. The van der Waals surface area contributed by atoms with Crippen molar-refractivity contribution >= 4 is 45.0 Å². The predicted octanol–water partition coefficient (Wildman–Crippen LogP) is 8.02. The monoisotopic (exact) mass is 635 g/mol. The Morgan fingerprint density at radius 3 is 2.47 bits per heavy atom. The standard InChI is InChI=1S/C32H25F4N5O3S/c33-24-16-22(39-30(42)41-15-14-40(31(41)43)23-4-2-1-3-5-23)10-11-26(24)44-27-12-13-38-25-17-28(45-29(25)27)21-8-6-20(7-9-21)18-37-19-32(34,35)36/h1-13,16-17,37H,14-15,18-19H2,(H,39,42). The van der Waals surface area contributed by atoms with Crippen molar-refractivity contribution in [2.45, 2.75) is 12.7 Å². The van der Waals surface area contributed by atoms with Gasteiger partial charge in [0.2, 0.25) is 0 Å². The Morgan fingerprint density at radius 1 is 0.956 bits per heavy atom. The van der Waals surface area contributed by atoms with Crippen molar-refractivity contribution in [3.05, 3.63) is 103 Å². The maximum absolute atomic E-state index is 15.1. The number of pyridine rings is 1. The molecular weight excluding hydrogens is 610 g/mol. The third kappa shape index (κ3) is 6.89. The number of fused-ring (bicyclic) bond motifs is 1. The van der Waals surface area contributed by atoms with Crippen LogP contribution in [0.2, 0.25) is 0 Å². The molecule has 1 fully saturated rings. The molecule has 1 saturated heterocycles. The van der Waals surface area contributed by atoms with Gasteiger partial charge in [-0.25, -0.2) is 18.9 Å². The van der Waals surface area contributed by atoms with E-state index >= 15 is 4.39 Å². The van der Waals surface area contributed by atoms with E-state index in [0.29, 0.717) is 33.8 Å². The first-order chi connectivity index (χ1) is 21.6. The zero-order chi connectivity index (χ0) is 31.6. The van der Waals surface area contributed by atoms with Gasteiger partial charge in [0.25, 0.3) is 0 Å². The fourth-order valence-electron chi connectivity index (χ4n) is 4.82. The molecule has 0 bridgehead atoms. The maximum Gasteiger partial charge on any atom is 0.401 e. The summed E-state index contributed by atoms with van der Waals surface area (Å²) < 4.78 is 58.9. The molecule has 2 aromatic heterocycles. The van der Waals surface area contributed by atoms with Gasteiger partial charge in [-0.15, -0.1) is 11.3 Å². The van der Waals surface area contributed by atoms with Crippen LogP contribution in [0.5, 0.6) is 11.5 Å². The molecule has 1 aliphatic heterocycles. The van der Waals surface area contributed by atoms with Crippen LogP contribution >= 0.6 is 11.3 Å². The summed E-state index contributed by atoms with van der Waals surface area (Å²) in [6.07, 6.45) is -2.73. The summed E-state index contributed by atoms with van der Waals surface area (Å²) >= 11 is 1.38. The molecule has 13 heteroatoms. The molecule has 2 N–H and O–H groups in total. The van der Waals surface area contributed by atoms with Crippen molar-refractivity contribution < 1.29 is 31.9 Å². The highest BCUT2D eigenvalue weighted by atomic mass is 32.1. The molecule has 3 heterocycles. The minimum atomic E-state index is -4.27. The van der Waals surface area contributed by atoms with Gasteiger partial charge in [0, 0.05) is 47.7 Å². The number of nitrogens with zero attached hydrogens (tertiary/aromatic N) is 3. The summed E-state index contributed by atoms with van der Waals surface area (Å²) in [5.74, 6) is -0.412. The number of hydrogen-bond donors (Lipinski definition) is 2. The van der Waals surface area contributed by atoms with Gasteiger partial charge in [-0.1, -0.05) is 42.5 Å². The fourth-order valence-corrected chi connectivity index (χ4v) is 5.89. The van der Waals surface area contributed by atoms with Crippen LogP contribution in [-0.4, -0.2) is 47.8 Å². The minimum Gasteiger partial charge on any atom is -0.453 e. The first-order valence-electron chi connectivity index (χ1n) is 13.8. The molecule has 8 nitrogen and oxygen atoms in total. The Balaban J connectivity index is 1.12. The van der Waals surface area contributed by atoms with Gasteiger partial charge in [0.15, 0.2) is 11.6 Å². The van der Waals surface area contributed by atoms with E-state index < -0.39 is 30.6 Å². The van der Waals surface area contributed by atoms with Crippen LogP contribution in [-0.2, 0) is 6.54 Å². The first-order valence-corrected chi connectivity index (χ1v) is 14.6. The lowest BCUT2D eigenvalue weighted by atomic mass is 10.1. The van der Waals surface area contributed by atoms with E-state index in [1.807, 2.05) is 24.3 Å². The quantitative estimate of drug-likeness (QED) is 0.169. The number of ether oxygens (including phenoxy) is 1. The maximum atomic E-state index is 15.1. The Kier molecular flexibility index (Phi) is 8.37. The number of carbonyl (C=O) groups excluding carboxylic acids is 2. The minimum absolute atomic E-state index is 0.0707. The van der Waals surface area contributed by atoms with Crippen LogP contribution in [0.1, 0.15) is 5.56 Å². The van der Waals surface area contributed by atoms with Crippen LogP contribution < -0.4 is 20.3 Å². The normalized spacial score (nSPS) is 13.5. The largest absolute Gasteiger partial charge is 0.453 e. The molecule has 0 saturated carbocycles. The molecule has 45 heavy (non-hydrogen) atoms. The number of carbonyl (C=O) groups is 2. The third-order valence-electron chi connectivity index (χ3n) is 6.99. The summed E-state index contributed by atoms with van der Waals surface area (Å²) in [6, 6.07) is 22.5. The van der Waals surface area contributed by atoms with Gasteiger partial charge in [0.05, 0.1) is 23.3 Å². The molecule has 0 spiro atoms. The fraction of sp³-hybridized carbons (Fsp3) is 0.156. The number of imide groups is 1. The number of aromatic nitrogens is 1. The second-order valence-corrected chi connectivity index (χ2v) is 11.2. The lowest BCUT2D eigenvalue weighted by Crippen LogP contribution is -2.39. The van der Waals surface area contributed by atoms with Gasteiger partial charge in [-0.2, -0.15) is 13.2 Å². The molecular formula is C32H25F4N5O3S. The van der Waals surface area contributed by atoms with Crippen LogP contribution in [0.3, 0.4) is 0 Å². The highest BCUT2D eigenvalue weighted by molar-refractivity contribution is 7.22. The molecule has 0 radical (unpaired) electrons. The van der Waals surface area contributed by atoms with E-state index in [9.17, 15) is 22.8 Å². The van der Waals surface area contributed by atoms with Crippen molar-refractivity contribution in [1.82, 2.24) is 15.2 Å². The number of thiophene rings is 1. The van der Waals surface area contributed by atoms with Gasteiger partial charge >= 0.3 is 18.2 Å². The zero-order valence-corrected chi connectivity index (χ0v) is 24.3. The van der Waals surface area contributed by atoms with E-state index in [4.69, 9.17) is 4.74 Å². The van der Waals surface area contributed by atoms with Crippen molar-refractivity contribution in [2.24, 2.45) is 0 Å². The van der Waals surface area contributed by atoms with E-state index in [2.05, 4.69) is 15.6 Å². The van der Waals surface area contributed by atoms with E-state index in [0.717, 1.165) is 21.4 Å². The Hall–Kier alpha value is -5.01. The highest BCUT2D eigenvalue weighted by Gasteiger charge is 2.34. The predicted molar refractivity (Wildman–Crippen MR) is 164 cm³/mol. The summed E-state index contributed by atoms with van der Waals surface area (Å²) in [4.78, 5) is 33.4. The lowest BCUT2D eigenvalue weighted by molar-refractivity contribution is -0.125. The molecule has 0 atom stereocenters. The zero-order valence-electron chi connectivity index (χ0n) is 23.5. The average molecular weight is 636 g/mol. The Morgan fingerprint density at radius 2 is 1.73 bits per heavy atom. The van der Waals surface area contributed by atoms with Crippen LogP contribution in [0.4, 0.5) is 38.5 Å². The second-order valence-electron chi connectivity index (χ2n) is 10.1. The van der Waals surface area contributed by atoms with Gasteiger partial charge in [-0.05, 0) is 41.5 Å². The number of alkyl halides is 3. The number of amides is 4. The van der Waals surface area contributed by atoms with Gasteiger partial charge in [-0.3, -0.25) is 9.88 Å². The van der Waals surface area contributed by atoms with Crippen LogP contribution in [0, 0.1) is 5.82 Å². The first kappa shape index (κ1) is 30.0. The summed E-state index contributed by atoms with van der Waals surface area (Å²) in [5.41, 5.74) is 3.03. The number of hydrogen-bond acceptors (Lipinski definition) is 6. The van der Waals surface area contributed by atoms with E-state index in [-0.39, 0.29) is 24.5 Å². The van der Waals surface area contributed by atoms with Crippen LogP contribution in [0.25, 0.3) is 20.7 Å². The van der Waals surface area contributed by atoms with Gasteiger partial charge < -0.3 is 15.4 Å². The molecule has 0 aliphatic carbocycles. The summed E-state index contributed by atoms with van der Waals surface area (Å²) in [7, 11) is 0. The average Bonchev–Trinajstić information content (AvgIpc) is 3.63. The molecule has 5 aromatic rings. The number of para-hydroxylation sites is 1. The summed E-state index contributed by atoms with van der Waals surface area (Å²) in [5, 5.41) is 4.95. The SMILES string of the molecule is O=C(Nc1ccc(Oc2ccnc3cc(-c4ccc(CNCC(F)(F)F)cc4)sc23)c(F)c1)N1CCN(c2ccccc2)C1=O. The van der Waals surface area contributed by atoms with E-state index in [1.54, 1.807) is 48.7 Å². The third-order valence-corrected chi connectivity index (χ3v) is 8.18. The number of urea groups is 2. The number of rotatable bonds is 8. The number of benzene rings is 3. The molecule has 230 valence electrons. The van der Waals surface area contributed by atoms with Crippen molar-refractivity contribution in [1.29, 1.82) is 0 Å². The van der Waals surface area contributed by atoms with E-state index in [1.165, 1.54) is 28.4 Å². The molecule has 0 unspecified atom stereocenters. The topological polar surface area (TPSA) is 86.8 Å². The summed E-state index contributed by atoms with van der Waals surface area (Å²) in [6.45, 7) is -0.446. The number of nitrogens with one attached hydrogen (secondary N) is 2. The smallest absolute Gasteiger partial charge is 0.401 e. The second kappa shape index (κ2) is 12.5. The van der Waals surface area contributed by atoms with Crippen molar-refractivity contribution in [2.75, 3.05) is 29.9 Å².